The number of anilines is 1. The molecule has 1 aromatic carbocycles. The zero-order valence-corrected chi connectivity index (χ0v) is 12.4. The van der Waals surface area contributed by atoms with Gasteiger partial charge < -0.3 is 11.1 Å². The molecule has 2 rings (SSSR count). The molecule has 5 nitrogen and oxygen atoms in total. The zero-order chi connectivity index (χ0) is 14.7. The molecular formula is C15H21N5. The molecule has 0 saturated heterocycles. The fourth-order valence-corrected chi connectivity index (χ4v) is 2.21. The first kappa shape index (κ1) is 14.1. The van der Waals surface area contributed by atoms with E-state index in [2.05, 4.69) is 35.3 Å². The summed E-state index contributed by atoms with van der Waals surface area (Å²) >= 11 is 0. The number of aliphatic imine (C=N–C) groups is 1. The molecule has 0 radical (unpaired) electrons. The minimum absolute atomic E-state index is 0.411. The van der Waals surface area contributed by atoms with Gasteiger partial charge in [-0.25, -0.2) is 4.99 Å². The highest BCUT2D eigenvalue weighted by atomic mass is 15.3. The van der Waals surface area contributed by atoms with Crippen LogP contribution in [0.25, 0.3) is 0 Å². The van der Waals surface area contributed by atoms with Crippen LogP contribution in [0.2, 0.25) is 0 Å². The third-order valence-electron chi connectivity index (χ3n) is 3.00. The maximum atomic E-state index is 5.92. The number of aryl methyl sites for hydroxylation is 4. The van der Waals surface area contributed by atoms with Crippen molar-refractivity contribution in [2.45, 2.75) is 27.3 Å². The van der Waals surface area contributed by atoms with Crippen molar-refractivity contribution in [3.63, 3.8) is 0 Å². The molecule has 0 aliphatic heterocycles. The maximum absolute atomic E-state index is 5.92. The van der Waals surface area contributed by atoms with Crippen LogP contribution < -0.4 is 11.1 Å². The van der Waals surface area contributed by atoms with Gasteiger partial charge in [-0.3, -0.25) is 4.68 Å². The van der Waals surface area contributed by atoms with Gasteiger partial charge in [-0.2, -0.15) is 5.10 Å². The van der Waals surface area contributed by atoms with Gasteiger partial charge in [0.2, 0.25) is 0 Å². The summed E-state index contributed by atoms with van der Waals surface area (Å²) in [5.41, 5.74) is 11.3. The number of hydrogen-bond acceptors (Lipinski definition) is 2. The standard InChI is InChI=1S/C15H21N5/c1-10-5-11(2)7-13(6-10)18-15(16)17-9-14-8-12(3)19-20(14)4/h5-8H,9H2,1-4H3,(H3,16,17,18). The molecular weight excluding hydrogens is 250 g/mol. The lowest BCUT2D eigenvalue weighted by molar-refractivity contribution is 0.706. The third kappa shape index (κ3) is 3.60. The summed E-state index contributed by atoms with van der Waals surface area (Å²) in [7, 11) is 1.91. The lowest BCUT2D eigenvalue weighted by Gasteiger charge is -2.08. The molecule has 0 fully saturated rings. The molecule has 1 heterocycles. The molecule has 106 valence electrons. The minimum Gasteiger partial charge on any atom is -0.370 e. The van der Waals surface area contributed by atoms with Crippen LogP contribution in [-0.4, -0.2) is 15.7 Å². The van der Waals surface area contributed by atoms with Gasteiger partial charge in [-0.1, -0.05) is 6.07 Å². The summed E-state index contributed by atoms with van der Waals surface area (Å²) in [5.74, 6) is 0.411. The number of aromatic nitrogens is 2. The Kier molecular flexibility index (Phi) is 4.08. The fourth-order valence-electron chi connectivity index (χ4n) is 2.21. The van der Waals surface area contributed by atoms with Gasteiger partial charge in [-0.15, -0.1) is 0 Å². The second kappa shape index (κ2) is 5.77. The summed E-state index contributed by atoms with van der Waals surface area (Å²) in [4.78, 5) is 4.35. The van der Waals surface area contributed by atoms with Gasteiger partial charge in [0, 0.05) is 12.7 Å². The van der Waals surface area contributed by atoms with E-state index in [1.165, 1.54) is 11.1 Å². The first-order valence-corrected chi connectivity index (χ1v) is 6.59. The number of rotatable bonds is 3. The van der Waals surface area contributed by atoms with Crippen molar-refractivity contribution >= 4 is 11.6 Å². The van der Waals surface area contributed by atoms with Gasteiger partial charge in [0.05, 0.1) is 17.9 Å². The Bertz CT molecular complexity index is 619. The lowest BCUT2D eigenvalue weighted by Crippen LogP contribution is -2.22. The normalized spacial score (nSPS) is 11.7. The van der Waals surface area contributed by atoms with Crippen molar-refractivity contribution in [2.75, 3.05) is 5.32 Å². The van der Waals surface area contributed by atoms with Gasteiger partial charge in [0.25, 0.3) is 0 Å². The lowest BCUT2D eigenvalue weighted by atomic mass is 10.1. The smallest absolute Gasteiger partial charge is 0.193 e. The molecule has 1 aromatic heterocycles. The monoisotopic (exact) mass is 271 g/mol. The Morgan fingerprint density at radius 3 is 2.40 bits per heavy atom. The largest absolute Gasteiger partial charge is 0.370 e. The van der Waals surface area contributed by atoms with E-state index in [1.807, 2.05) is 36.9 Å². The molecule has 0 amide bonds. The topological polar surface area (TPSA) is 68.2 Å². The number of benzene rings is 1. The molecule has 5 heteroatoms. The summed E-state index contributed by atoms with van der Waals surface area (Å²) in [6.45, 7) is 6.60. The molecule has 0 unspecified atom stereocenters. The maximum Gasteiger partial charge on any atom is 0.193 e. The fraction of sp³-hybridized carbons (Fsp3) is 0.333. The Labute approximate surface area is 119 Å². The highest BCUT2D eigenvalue weighted by Crippen LogP contribution is 2.13. The first-order valence-electron chi connectivity index (χ1n) is 6.59. The Morgan fingerprint density at radius 2 is 1.85 bits per heavy atom. The quantitative estimate of drug-likeness (QED) is 0.664. The van der Waals surface area contributed by atoms with Crippen LogP contribution in [0.4, 0.5) is 5.69 Å². The second-order valence-corrected chi connectivity index (χ2v) is 5.10. The number of nitrogens with two attached hydrogens (primary N) is 1. The van der Waals surface area contributed by atoms with Crippen LogP contribution in [0.1, 0.15) is 22.5 Å². The number of nitrogens with one attached hydrogen (secondary N) is 1. The molecule has 3 N–H and O–H groups in total. The van der Waals surface area contributed by atoms with E-state index < -0.39 is 0 Å². The average Bonchev–Trinajstić information content (AvgIpc) is 2.64. The number of guanidine groups is 1. The van der Waals surface area contributed by atoms with Crippen molar-refractivity contribution in [3.8, 4) is 0 Å². The molecule has 0 bridgehead atoms. The van der Waals surface area contributed by atoms with Crippen LogP contribution in [0.5, 0.6) is 0 Å². The Balaban J connectivity index is 2.05. The van der Waals surface area contributed by atoms with Crippen LogP contribution in [0.3, 0.4) is 0 Å². The predicted molar refractivity (Wildman–Crippen MR) is 82.8 cm³/mol. The van der Waals surface area contributed by atoms with Crippen molar-refractivity contribution in [1.29, 1.82) is 0 Å². The van der Waals surface area contributed by atoms with E-state index in [1.54, 1.807) is 0 Å². The summed E-state index contributed by atoms with van der Waals surface area (Å²) < 4.78 is 1.82. The zero-order valence-electron chi connectivity index (χ0n) is 12.4. The van der Waals surface area contributed by atoms with Crippen LogP contribution >= 0.6 is 0 Å². The molecule has 2 aromatic rings. The average molecular weight is 271 g/mol. The minimum atomic E-state index is 0.411. The SMILES string of the molecule is Cc1cc(C)cc(NC(N)=NCc2cc(C)nn2C)c1. The van der Waals surface area contributed by atoms with E-state index in [9.17, 15) is 0 Å². The van der Waals surface area contributed by atoms with E-state index in [0.717, 1.165) is 17.1 Å². The van der Waals surface area contributed by atoms with Gasteiger partial charge in [0.15, 0.2) is 5.96 Å². The van der Waals surface area contributed by atoms with Crippen molar-refractivity contribution in [3.05, 3.63) is 46.8 Å². The molecule has 0 spiro atoms. The number of hydrogen-bond donors (Lipinski definition) is 2. The van der Waals surface area contributed by atoms with E-state index >= 15 is 0 Å². The molecule has 0 saturated carbocycles. The third-order valence-corrected chi connectivity index (χ3v) is 3.00. The molecule has 0 atom stereocenters. The Morgan fingerprint density at radius 1 is 1.20 bits per heavy atom. The van der Waals surface area contributed by atoms with Gasteiger partial charge in [0.1, 0.15) is 0 Å². The van der Waals surface area contributed by atoms with Crippen molar-refractivity contribution in [1.82, 2.24) is 9.78 Å². The van der Waals surface area contributed by atoms with E-state index in [-0.39, 0.29) is 0 Å². The van der Waals surface area contributed by atoms with Gasteiger partial charge in [-0.05, 0) is 50.1 Å². The second-order valence-electron chi connectivity index (χ2n) is 5.10. The summed E-state index contributed by atoms with van der Waals surface area (Å²) in [5, 5.41) is 7.40. The van der Waals surface area contributed by atoms with Crippen molar-refractivity contribution in [2.24, 2.45) is 17.8 Å². The Hall–Kier alpha value is -2.30. The molecule has 0 aliphatic carbocycles. The summed E-state index contributed by atoms with van der Waals surface area (Å²) in [6, 6.07) is 8.22. The van der Waals surface area contributed by atoms with E-state index in [4.69, 9.17) is 5.73 Å². The highest BCUT2D eigenvalue weighted by Gasteiger charge is 2.02. The van der Waals surface area contributed by atoms with Crippen LogP contribution in [0.15, 0.2) is 29.3 Å². The first-order chi connectivity index (χ1) is 9.44. The van der Waals surface area contributed by atoms with E-state index in [0.29, 0.717) is 12.5 Å². The van der Waals surface area contributed by atoms with Gasteiger partial charge >= 0.3 is 0 Å². The van der Waals surface area contributed by atoms with Crippen LogP contribution in [-0.2, 0) is 13.6 Å². The van der Waals surface area contributed by atoms with Crippen LogP contribution in [0, 0.1) is 20.8 Å². The molecule has 0 aliphatic rings. The summed E-state index contributed by atoms with van der Waals surface area (Å²) in [6.07, 6.45) is 0. The predicted octanol–water partition coefficient (Wildman–Crippen LogP) is 2.27. The number of nitrogens with zero attached hydrogens (tertiary/aromatic N) is 3. The highest BCUT2D eigenvalue weighted by molar-refractivity contribution is 5.92. The van der Waals surface area contributed by atoms with Crippen molar-refractivity contribution < 1.29 is 0 Å². The molecule has 20 heavy (non-hydrogen) atoms.